The molecule has 0 aromatic rings. The molecular weight excluding hydrogens is 100 g/mol. The highest BCUT2D eigenvalue weighted by Crippen LogP contribution is 2.30. The molecule has 1 nitrogen and oxygen atoms in total. The first-order valence-electron chi connectivity index (χ1n) is 3.26. The van der Waals surface area contributed by atoms with Crippen molar-refractivity contribution < 1.29 is 4.74 Å². The normalized spacial score (nSPS) is 35.2. The summed E-state index contributed by atoms with van der Waals surface area (Å²) in [5.41, 5.74) is 0.0516. The second kappa shape index (κ2) is 2.06. The Morgan fingerprint density at radius 1 is 1.75 bits per heavy atom. The summed E-state index contributed by atoms with van der Waals surface area (Å²) >= 11 is 0. The van der Waals surface area contributed by atoms with Crippen molar-refractivity contribution in [3.8, 4) is 0 Å². The first kappa shape index (κ1) is 6.09. The van der Waals surface area contributed by atoms with Gasteiger partial charge in [-0.2, -0.15) is 0 Å². The lowest BCUT2D eigenvalue weighted by Crippen LogP contribution is -2.02. The van der Waals surface area contributed by atoms with Crippen molar-refractivity contribution in [1.29, 1.82) is 0 Å². The molecule has 1 atom stereocenters. The summed E-state index contributed by atoms with van der Waals surface area (Å²) in [5, 5.41) is 0. The van der Waals surface area contributed by atoms with Crippen LogP contribution in [-0.2, 0) is 4.74 Å². The van der Waals surface area contributed by atoms with Crippen LogP contribution in [0, 0.1) is 6.92 Å². The number of ether oxygens (including phenoxy) is 1. The summed E-state index contributed by atoms with van der Waals surface area (Å²) in [6.45, 7) is 6.96. The summed E-state index contributed by atoms with van der Waals surface area (Å²) < 4.78 is 5.09. The van der Waals surface area contributed by atoms with Gasteiger partial charge in [0, 0.05) is 0 Å². The summed E-state index contributed by atoms with van der Waals surface area (Å²) in [6.07, 6.45) is 3.65. The molecule has 0 aliphatic carbocycles. The maximum absolute atomic E-state index is 5.09. The molecule has 1 rings (SSSR count). The van der Waals surface area contributed by atoms with Crippen molar-refractivity contribution in [2.45, 2.75) is 31.8 Å². The molecule has 1 unspecified atom stereocenters. The van der Waals surface area contributed by atoms with E-state index in [9.17, 15) is 0 Å². The van der Waals surface area contributed by atoms with Crippen molar-refractivity contribution in [2.75, 3.05) is 6.61 Å². The zero-order chi connectivity index (χ0) is 6.04. The molecule has 0 aromatic carbocycles. The average molecular weight is 113 g/mol. The summed E-state index contributed by atoms with van der Waals surface area (Å²) in [6, 6.07) is 0. The fourth-order valence-corrected chi connectivity index (χ4v) is 0.745. The maximum Gasteiger partial charge on any atom is 0.0917 e. The summed E-state index contributed by atoms with van der Waals surface area (Å²) in [7, 11) is 0. The highest BCUT2D eigenvalue weighted by atomic mass is 16.6. The van der Waals surface area contributed by atoms with Crippen LogP contribution in [0.2, 0.25) is 0 Å². The van der Waals surface area contributed by atoms with Gasteiger partial charge < -0.3 is 4.74 Å². The third kappa shape index (κ3) is 1.48. The molecule has 0 bridgehead atoms. The van der Waals surface area contributed by atoms with Crippen molar-refractivity contribution in [1.82, 2.24) is 0 Å². The first-order chi connectivity index (χ1) is 3.77. The topological polar surface area (TPSA) is 12.5 Å². The Balaban J connectivity index is 2.01. The van der Waals surface area contributed by atoms with Gasteiger partial charge in [0.05, 0.1) is 12.2 Å². The van der Waals surface area contributed by atoms with Crippen LogP contribution in [0.25, 0.3) is 0 Å². The highest BCUT2D eigenvalue weighted by Gasteiger charge is 2.37. The predicted octanol–water partition coefficient (Wildman–Crippen LogP) is 1.78. The molecule has 1 heterocycles. The highest BCUT2D eigenvalue weighted by molar-refractivity contribution is 4.94. The van der Waals surface area contributed by atoms with Crippen LogP contribution in [0.4, 0.5) is 0 Å². The van der Waals surface area contributed by atoms with E-state index < -0.39 is 0 Å². The average Bonchev–Trinajstić information content (AvgIpc) is 2.45. The minimum Gasteiger partial charge on any atom is -0.370 e. The van der Waals surface area contributed by atoms with E-state index in [0.717, 1.165) is 13.0 Å². The molecule has 0 aromatic heterocycles. The Morgan fingerprint density at radius 3 is 2.75 bits per heavy atom. The van der Waals surface area contributed by atoms with Crippen LogP contribution < -0.4 is 0 Å². The molecule has 1 heteroatoms. The lowest BCUT2D eigenvalue weighted by atomic mass is 10.1. The van der Waals surface area contributed by atoms with E-state index in [2.05, 4.69) is 13.8 Å². The molecular formula is C7H13O. The smallest absolute Gasteiger partial charge is 0.0917 e. The van der Waals surface area contributed by atoms with Gasteiger partial charge in [-0.3, -0.25) is 0 Å². The minimum atomic E-state index is 0.0516. The zero-order valence-electron chi connectivity index (χ0n) is 5.44. The van der Waals surface area contributed by atoms with E-state index in [1.165, 1.54) is 12.8 Å². The van der Waals surface area contributed by atoms with Gasteiger partial charge in [-0.25, -0.2) is 0 Å². The van der Waals surface area contributed by atoms with Crippen LogP contribution in [-0.4, -0.2) is 12.2 Å². The maximum atomic E-state index is 5.09. The quantitative estimate of drug-likeness (QED) is 0.508. The van der Waals surface area contributed by atoms with E-state index in [-0.39, 0.29) is 5.60 Å². The molecule has 0 N–H and O–H groups in total. The molecule has 0 amide bonds. The van der Waals surface area contributed by atoms with Crippen LogP contribution in [0.3, 0.4) is 0 Å². The monoisotopic (exact) mass is 113 g/mol. The Morgan fingerprint density at radius 2 is 2.38 bits per heavy atom. The van der Waals surface area contributed by atoms with E-state index in [1.54, 1.807) is 0 Å². The number of rotatable bonds is 3. The van der Waals surface area contributed by atoms with Crippen LogP contribution in [0.15, 0.2) is 0 Å². The molecule has 47 valence electrons. The zero-order valence-corrected chi connectivity index (χ0v) is 5.44. The minimum absolute atomic E-state index is 0.0516. The first-order valence-corrected chi connectivity index (χ1v) is 3.26. The second-order valence-electron chi connectivity index (χ2n) is 2.58. The van der Waals surface area contributed by atoms with Crippen molar-refractivity contribution in [3.63, 3.8) is 0 Å². The van der Waals surface area contributed by atoms with Gasteiger partial charge in [-0.15, -0.1) is 0 Å². The van der Waals surface area contributed by atoms with Gasteiger partial charge in [-0.1, -0.05) is 19.8 Å². The van der Waals surface area contributed by atoms with Crippen LogP contribution in [0.5, 0.6) is 0 Å². The Labute approximate surface area is 51.0 Å². The molecule has 1 radical (unpaired) electrons. The predicted molar refractivity (Wildman–Crippen MR) is 33.6 cm³/mol. The molecule has 1 aliphatic heterocycles. The largest absolute Gasteiger partial charge is 0.370 e. The number of unbranched alkanes of at least 4 members (excludes halogenated alkanes) is 1. The number of epoxide rings is 1. The SMILES string of the molecule is [CH2]C1(CCCC)CO1. The fraction of sp³-hybridized carbons (Fsp3) is 0.857. The van der Waals surface area contributed by atoms with E-state index in [1.807, 2.05) is 0 Å². The standard InChI is InChI=1S/C7H13O/c1-3-4-5-7(2)6-8-7/h2-6H2,1H3. The van der Waals surface area contributed by atoms with Gasteiger partial charge in [0.1, 0.15) is 0 Å². The van der Waals surface area contributed by atoms with Crippen LogP contribution in [0.1, 0.15) is 26.2 Å². The summed E-state index contributed by atoms with van der Waals surface area (Å²) in [5.74, 6) is 0. The molecule has 8 heavy (non-hydrogen) atoms. The van der Waals surface area contributed by atoms with Crippen molar-refractivity contribution in [3.05, 3.63) is 6.92 Å². The van der Waals surface area contributed by atoms with E-state index in [0.29, 0.717) is 0 Å². The Bertz CT molecular complexity index is 74.5. The summed E-state index contributed by atoms with van der Waals surface area (Å²) in [4.78, 5) is 0. The third-order valence-electron chi connectivity index (χ3n) is 1.54. The lowest BCUT2D eigenvalue weighted by Gasteiger charge is -1.99. The molecule has 0 spiro atoms. The van der Waals surface area contributed by atoms with Crippen molar-refractivity contribution >= 4 is 0 Å². The third-order valence-corrected chi connectivity index (χ3v) is 1.54. The Hall–Kier alpha value is -0.0400. The molecule has 1 saturated heterocycles. The van der Waals surface area contributed by atoms with Crippen LogP contribution >= 0.6 is 0 Å². The van der Waals surface area contributed by atoms with Gasteiger partial charge >= 0.3 is 0 Å². The fourth-order valence-electron chi connectivity index (χ4n) is 0.745. The van der Waals surface area contributed by atoms with E-state index >= 15 is 0 Å². The molecule has 1 fully saturated rings. The number of hydrogen-bond acceptors (Lipinski definition) is 1. The van der Waals surface area contributed by atoms with Crippen molar-refractivity contribution in [2.24, 2.45) is 0 Å². The lowest BCUT2D eigenvalue weighted by molar-refractivity contribution is 0.328. The van der Waals surface area contributed by atoms with Gasteiger partial charge in [0.25, 0.3) is 0 Å². The molecule has 0 saturated carbocycles. The van der Waals surface area contributed by atoms with Gasteiger partial charge in [-0.05, 0) is 13.3 Å². The van der Waals surface area contributed by atoms with Gasteiger partial charge in [0.2, 0.25) is 0 Å². The molecule has 1 aliphatic rings. The number of hydrogen-bond donors (Lipinski definition) is 0. The Kier molecular flexibility index (Phi) is 1.57. The second-order valence-corrected chi connectivity index (χ2v) is 2.58. The van der Waals surface area contributed by atoms with Gasteiger partial charge in [0.15, 0.2) is 0 Å². The van der Waals surface area contributed by atoms with E-state index in [4.69, 9.17) is 4.74 Å².